The second-order valence-electron chi connectivity index (χ2n) is 8.66. The molecule has 2 rings (SSSR count). The maximum Gasteiger partial charge on any atom is 0.243 e. The second kappa shape index (κ2) is 12.2. The normalized spacial score (nSPS) is 12.2. The van der Waals surface area contributed by atoms with Gasteiger partial charge in [0.25, 0.3) is 0 Å². The molecule has 0 bridgehead atoms. The van der Waals surface area contributed by atoms with Gasteiger partial charge < -0.3 is 15.0 Å². The monoisotopic (exact) mass is 476 g/mol. The maximum atomic E-state index is 13.3. The van der Waals surface area contributed by atoms with Crippen LogP contribution in [-0.2, 0) is 21.9 Å². The number of nitrogens with zero attached hydrogens (tertiary/aromatic N) is 1. The third-order valence-electron chi connectivity index (χ3n) is 4.78. The van der Waals surface area contributed by atoms with Gasteiger partial charge in [-0.1, -0.05) is 42.8 Å². The van der Waals surface area contributed by atoms with E-state index in [9.17, 15) is 9.59 Å². The number of rotatable bonds is 10. The van der Waals surface area contributed by atoms with Crippen molar-refractivity contribution in [3.63, 3.8) is 0 Å². The highest BCUT2D eigenvalue weighted by Gasteiger charge is 2.30. The van der Waals surface area contributed by atoms with E-state index in [2.05, 4.69) is 5.32 Å². The zero-order valence-electron chi connectivity index (χ0n) is 19.5. The Kier molecular flexibility index (Phi) is 9.91. The highest BCUT2D eigenvalue weighted by Crippen LogP contribution is 2.20. The van der Waals surface area contributed by atoms with Gasteiger partial charge in [0.05, 0.1) is 12.9 Å². The van der Waals surface area contributed by atoms with Gasteiger partial charge in [0.2, 0.25) is 11.8 Å². The molecule has 0 heterocycles. The van der Waals surface area contributed by atoms with Crippen LogP contribution < -0.4 is 10.1 Å². The van der Waals surface area contributed by atoms with E-state index in [1.807, 2.05) is 76.2 Å². The SMILES string of the molecule is CCC(C(=O)NC(C)(C)C)N(Cc1cccc(OC)c1)C(=O)CSCc1ccc(Cl)cc1. The number of methoxy groups -OCH3 is 1. The summed E-state index contributed by atoms with van der Waals surface area (Å²) in [4.78, 5) is 28.0. The van der Waals surface area contributed by atoms with Crippen molar-refractivity contribution >= 4 is 35.2 Å². The first-order valence-corrected chi connectivity index (χ1v) is 12.2. The number of nitrogens with one attached hydrogen (secondary N) is 1. The average Bonchev–Trinajstić information content (AvgIpc) is 2.73. The fourth-order valence-corrected chi connectivity index (χ4v) is 4.26. The summed E-state index contributed by atoms with van der Waals surface area (Å²) in [6, 6.07) is 14.6. The van der Waals surface area contributed by atoms with Gasteiger partial charge in [-0.15, -0.1) is 11.8 Å². The molecule has 174 valence electrons. The molecular formula is C25H33ClN2O3S. The highest BCUT2D eigenvalue weighted by atomic mass is 35.5. The molecule has 0 saturated carbocycles. The van der Waals surface area contributed by atoms with Gasteiger partial charge in [0.15, 0.2) is 0 Å². The van der Waals surface area contributed by atoms with E-state index < -0.39 is 6.04 Å². The largest absolute Gasteiger partial charge is 0.497 e. The molecule has 2 aromatic carbocycles. The lowest BCUT2D eigenvalue weighted by Crippen LogP contribution is -2.53. The molecule has 1 N–H and O–H groups in total. The molecule has 1 atom stereocenters. The third-order valence-corrected chi connectivity index (χ3v) is 6.02. The number of benzene rings is 2. The first-order chi connectivity index (χ1) is 15.1. The number of carbonyl (C=O) groups excluding carboxylic acids is 2. The van der Waals surface area contributed by atoms with Crippen molar-refractivity contribution in [3.8, 4) is 5.75 Å². The molecule has 2 amide bonds. The molecule has 0 aromatic heterocycles. The average molecular weight is 477 g/mol. The van der Waals surface area contributed by atoms with Crippen LogP contribution in [0.3, 0.4) is 0 Å². The molecule has 2 aromatic rings. The molecule has 7 heteroatoms. The van der Waals surface area contributed by atoms with E-state index in [1.54, 1.807) is 12.0 Å². The van der Waals surface area contributed by atoms with E-state index >= 15 is 0 Å². The Morgan fingerprint density at radius 1 is 1.12 bits per heavy atom. The molecule has 0 aliphatic heterocycles. The summed E-state index contributed by atoms with van der Waals surface area (Å²) in [5, 5.41) is 3.71. The lowest BCUT2D eigenvalue weighted by molar-refractivity contribution is -0.140. The van der Waals surface area contributed by atoms with Gasteiger partial charge in [-0.05, 0) is 62.6 Å². The number of ether oxygens (including phenoxy) is 1. The molecule has 1 unspecified atom stereocenters. The van der Waals surface area contributed by atoms with Crippen molar-refractivity contribution in [2.24, 2.45) is 0 Å². The van der Waals surface area contributed by atoms with Crippen LogP contribution in [0.2, 0.25) is 5.02 Å². The van der Waals surface area contributed by atoms with E-state index in [4.69, 9.17) is 16.3 Å². The highest BCUT2D eigenvalue weighted by molar-refractivity contribution is 7.99. The first-order valence-electron chi connectivity index (χ1n) is 10.7. The lowest BCUT2D eigenvalue weighted by atomic mass is 10.1. The number of amides is 2. The summed E-state index contributed by atoms with van der Waals surface area (Å²) >= 11 is 7.48. The quantitative estimate of drug-likeness (QED) is 0.505. The van der Waals surface area contributed by atoms with Crippen LogP contribution in [0.5, 0.6) is 5.75 Å². The Morgan fingerprint density at radius 2 is 1.81 bits per heavy atom. The van der Waals surface area contributed by atoms with Gasteiger partial charge >= 0.3 is 0 Å². The Labute approximate surface area is 200 Å². The molecule has 0 aliphatic rings. The Morgan fingerprint density at radius 3 is 2.41 bits per heavy atom. The summed E-state index contributed by atoms with van der Waals surface area (Å²) < 4.78 is 5.32. The van der Waals surface area contributed by atoms with Crippen LogP contribution >= 0.6 is 23.4 Å². The molecule has 0 spiro atoms. The van der Waals surface area contributed by atoms with Gasteiger partial charge in [0.1, 0.15) is 11.8 Å². The number of carbonyl (C=O) groups is 2. The van der Waals surface area contributed by atoms with E-state index in [1.165, 1.54) is 11.8 Å². The molecule has 0 radical (unpaired) electrons. The predicted octanol–water partition coefficient (Wildman–Crippen LogP) is 5.30. The number of hydrogen-bond donors (Lipinski definition) is 1. The van der Waals surface area contributed by atoms with Crippen LogP contribution in [0.25, 0.3) is 0 Å². The van der Waals surface area contributed by atoms with Crippen LogP contribution in [0.4, 0.5) is 0 Å². The van der Waals surface area contributed by atoms with Gasteiger partial charge in [-0.2, -0.15) is 0 Å². The van der Waals surface area contributed by atoms with E-state index in [0.717, 1.165) is 16.9 Å². The number of halogens is 1. The summed E-state index contributed by atoms with van der Waals surface area (Å²) in [5.41, 5.74) is 1.64. The Hall–Kier alpha value is -2.18. The number of thioether (sulfide) groups is 1. The van der Waals surface area contributed by atoms with Crippen molar-refractivity contribution in [2.45, 2.75) is 58.0 Å². The van der Waals surface area contributed by atoms with Crippen molar-refractivity contribution in [1.82, 2.24) is 10.2 Å². The third kappa shape index (κ3) is 8.40. The fraction of sp³-hybridized carbons (Fsp3) is 0.440. The zero-order chi connectivity index (χ0) is 23.7. The fourth-order valence-electron chi connectivity index (χ4n) is 3.26. The lowest BCUT2D eigenvalue weighted by Gasteiger charge is -2.33. The second-order valence-corrected chi connectivity index (χ2v) is 10.1. The summed E-state index contributed by atoms with van der Waals surface area (Å²) in [7, 11) is 1.61. The Balaban J connectivity index is 2.17. The minimum atomic E-state index is -0.552. The molecule has 0 aliphatic carbocycles. The van der Waals surface area contributed by atoms with Crippen molar-refractivity contribution < 1.29 is 14.3 Å². The van der Waals surface area contributed by atoms with Crippen LogP contribution in [0, 0.1) is 0 Å². The first kappa shape index (κ1) is 26.1. The topological polar surface area (TPSA) is 58.6 Å². The minimum absolute atomic E-state index is 0.0670. The zero-order valence-corrected chi connectivity index (χ0v) is 21.1. The van der Waals surface area contributed by atoms with Crippen molar-refractivity contribution in [2.75, 3.05) is 12.9 Å². The Bertz CT molecular complexity index is 897. The summed E-state index contributed by atoms with van der Waals surface area (Å²) in [6.07, 6.45) is 0.527. The maximum absolute atomic E-state index is 13.3. The van der Waals surface area contributed by atoms with E-state index in [0.29, 0.717) is 23.7 Å². The van der Waals surface area contributed by atoms with E-state index in [-0.39, 0.29) is 23.1 Å². The van der Waals surface area contributed by atoms with Crippen molar-refractivity contribution in [3.05, 3.63) is 64.7 Å². The number of hydrogen-bond acceptors (Lipinski definition) is 4. The van der Waals surface area contributed by atoms with Crippen LogP contribution in [-0.4, -0.2) is 41.2 Å². The molecule has 0 fully saturated rings. The van der Waals surface area contributed by atoms with Crippen molar-refractivity contribution in [1.29, 1.82) is 0 Å². The molecule has 32 heavy (non-hydrogen) atoms. The smallest absolute Gasteiger partial charge is 0.243 e. The van der Waals surface area contributed by atoms with Gasteiger partial charge in [-0.3, -0.25) is 9.59 Å². The molecule has 5 nitrogen and oxygen atoms in total. The van der Waals surface area contributed by atoms with Crippen LogP contribution in [0.15, 0.2) is 48.5 Å². The molecular weight excluding hydrogens is 444 g/mol. The van der Waals surface area contributed by atoms with Gasteiger partial charge in [-0.25, -0.2) is 0 Å². The minimum Gasteiger partial charge on any atom is -0.497 e. The predicted molar refractivity (Wildman–Crippen MR) is 133 cm³/mol. The van der Waals surface area contributed by atoms with Crippen LogP contribution in [0.1, 0.15) is 45.2 Å². The summed E-state index contributed by atoms with van der Waals surface area (Å²) in [6.45, 7) is 8.09. The standard InChI is InChI=1S/C25H33ClN2O3S/c1-6-22(24(30)27-25(2,3)4)28(15-19-8-7-9-21(14-19)31-5)23(29)17-32-16-18-10-12-20(26)13-11-18/h7-14,22H,6,15-17H2,1-5H3,(H,27,30). The van der Waals surface area contributed by atoms with Gasteiger partial charge in [0, 0.05) is 22.9 Å². The molecule has 0 saturated heterocycles. The summed E-state index contributed by atoms with van der Waals surface area (Å²) in [5.74, 6) is 1.49.